The second kappa shape index (κ2) is 9.71. The number of benzene rings is 2. The molecule has 0 spiro atoms. The minimum Gasteiger partial charge on any atom is -0.480 e. The summed E-state index contributed by atoms with van der Waals surface area (Å²) in [7, 11) is 0. The molecule has 2 aromatic carbocycles. The summed E-state index contributed by atoms with van der Waals surface area (Å²) < 4.78 is 5.59. The molecular formula is C27H30N2O5. The Balaban J connectivity index is 1.32. The van der Waals surface area contributed by atoms with Crippen LogP contribution in [0.25, 0.3) is 11.1 Å². The van der Waals surface area contributed by atoms with E-state index >= 15 is 0 Å². The summed E-state index contributed by atoms with van der Waals surface area (Å²) >= 11 is 0. The van der Waals surface area contributed by atoms with Gasteiger partial charge >= 0.3 is 12.1 Å². The first kappa shape index (κ1) is 23.5. The van der Waals surface area contributed by atoms with Gasteiger partial charge in [-0.1, -0.05) is 68.5 Å². The van der Waals surface area contributed by atoms with Crippen LogP contribution in [0.5, 0.6) is 0 Å². The van der Waals surface area contributed by atoms with Crippen LogP contribution in [-0.2, 0) is 14.3 Å². The van der Waals surface area contributed by atoms with Gasteiger partial charge in [-0.3, -0.25) is 4.79 Å². The summed E-state index contributed by atoms with van der Waals surface area (Å²) in [6.07, 6.45) is 2.63. The molecule has 178 valence electrons. The Kier molecular flexibility index (Phi) is 6.72. The molecule has 0 radical (unpaired) electrons. The van der Waals surface area contributed by atoms with Crippen LogP contribution in [0.3, 0.4) is 0 Å². The molecule has 1 atom stereocenters. The van der Waals surface area contributed by atoms with Crippen molar-refractivity contribution in [2.45, 2.75) is 57.0 Å². The first-order chi connectivity index (χ1) is 16.4. The number of hydrogen-bond donors (Lipinski definition) is 3. The summed E-state index contributed by atoms with van der Waals surface area (Å²) in [5.41, 5.74) is 3.82. The number of aliphatic carboxylic acids is 1. The van der Waals surface area contributed by atoms with Gasteiger partial charge in [-0.2, -0.15) is 0 Å². The number of carboxylic acids is 1. The smallest absolute Gasteiger partial charge is 0.407 e. The Bertz CT molecular complexity index is 1090. The number of carboxylic acid groups (broad SMARTS) is 1. The fourth-order valence-electron chi connectivity index (χ4n) is 4.90. The van der Waals surface area contributed by atoms with Crippen molar-refractivity contribution >= 4 is 18.0 Å². The Morgan fingerprint density at radius 3 is 2.15 bits per heavy atom. The third-order valence-electron chi connectivity index (χ3n) is 7.04. The number of rotatable bonds is 8. The van der Waals surface area contributed by atoms with Crippen molar-refractivity contribution in [1.29, 1.82) is 0 Å². The van der Waals surface area contributed by atoms with E-state index < -0.39 is 23.5 Å². The maximum atomic E-state index is 12.7. The third kappa shape index (κ3) is 4.42. The molecule has 4 rings (SSSR count). The van der Waals surface area contributed by atoms with Crippen molar-refractivity contribution < 1.29 is 24.2 Å². The lowest BCUT2D eigenvalue weighted by Gasteiger charge is -2.28. The van der Waals surface area contributed by atoms with Crippen LogP contribution in [0.15, 0.2) is 60.2 Å². The van der Waals surface area contributed by atoms with Gasteiger partial charge in [-0.25, -0.2) is 9.59 Å². The van der Waals surface area contributed by atoms with Crippen molar-refractivity contribution in [2.24, 2.45) is 0 Å². The lowest BCUT2D eigenvalue weighted by atomic mass is 9.92. The van der Waals surface area contributed by atoms with E-state index in [0.717, 1.165) is 11.1 Å². The van der Waals surface area contributed by atoms with Gasteiger partial charge in [-0.05, 0) is 47.9 Å². The molecule has 2 amide bonds. The molecule has 1 unspecified atom stereocenters. The molecule has 0 aliphatic heterocycles. The number of amides is 2. The zero-order valence-electron chi connectivity index (χ0n) is 19.5. The highest BCUT2D eigenvalue weighted by atomic mass is 16.5. The molecule has 0 aromatic heterocycles. The van der Waals surface area contributed by atoms with Crippen LogP contribution >= 0.6 is 0 Å². The van der Waals surface area contributed by atoms with Gasteiger partial charge in [0.05, 0.1) is 0 Å². The topological polar surface area (TPSA) is 105 Å². The van der Waals surface area contributed by atoms with Crippen LogP contribution in [0.4, 0.5) is 4.79 Å². The summed E-state index contributed by atoms with van der Waals surface area (Å²) in [6, 6.07) is 16.0. The van der Waals surface area contributed by atoms with E-state index in [1.165, 1.54) is 11.1 Å². The first-order valence-electron chi connectivity index (χ1n) is 11.7. The fourth-order valence-corrected chi connectivity index (χ4v) is 4.90. The second-order valence-electron chi connectivity index (χ2n) is 8.88. The van der Waals surface area contributed by atoms with Crippen LogP contribution in [0.2, 0.25) is 0 Å². The van der Waals surface area contributed by atoms with Gasteiger partial charge in [-0.15, -0.1) is 0 Å². The number of fused-ring (bicyclic) bond motifs is 3. The number of carbonyl (C=O) groups excluding carboxylic acids is 2. The molecule has 0 saturated heterocycles. The number of carbonyl (C=O) groups is 3. The van der Waals surface area contributed by atoms with Gasteiger partial charge in [0.1, 0.15) is 12.1 Å². The lowest BCUT2D eigenvalue weighted by Crippen LogP contribution is -2.54. The number of ether oxygens (including phenoxy) is 1. The highest BCUT2D eigenvalue weighted by molar-refractivity contribution is 5.97. The van der Waals surface area contributed by atoms with E-state index in [9.17, 15) is 19.5 Å². The number of nitrogens with one attached hydrogen (secondary N) is 2. The molecule has 7 heteroatoms. The standard InChI is InChI=1S/C27H30N2O5/c1-3-27(4-2,25(31)32)29-24(30)17-13-14-18(15-17)28-26(33)34-16-23-21-11-7-5-9-19(21)20-10-6-8-12-22(20)23/h5-13,18,23H,3-4,14-16H2,1-2H3,(H,28,33)(H,29,30)(H,31,32). The Hall–Kier alpha value is -3.61. The van der Waals surface area contributed by atoms with Crippen LogP contribution < -0.4 is 10.6 Å². The van der Waals surface area contributed by atoms with Gasteiger partial charge < -0.3 is 20.5 Å². The Morgan fingerprint density at radius 2 is 1.59 bits per heavy atom. The van der Waals surface area contributed by atoms with Crippen molar-refractivity contribution in [3.05, 3.63) is 71.3 Å². The molecule has 2 aliphatic carbocycles. The SMILES string of the molecule is CCC(CC)(NC(=O)C1=CCC(NC(=O)OCC2c3ccccc3-c3ccccc32)C1)C(=O)O. The zero-order chi connectivity index (χ0) is 24.3. The van der Waals surface area contributed by atoms with Crippen molar-refractivity contribution in [3.63, 3.8) is 0 Å². The van der Waals surface area contributed by atoms with E-state index in [0.29, 0.717) is 31.3 Å². The number of alkyl carbamates (subject to hydrolysis) is 1. The van der Waals surface area contributed by atoms with Crippen molar-refractivity contribution in [3.8, 4) is 11.1 Å². The molecule has 0 heterocycles. The lowest BCUT2D eigenvalue weighted by molar-refractivity contribution is -0.147. The summed E-state index contributed by atoms with van der Waals surface area (Å²) in [5, 5.41) is 15.1. The average molecular weight is 463 g/mol. The van der Waals surface area contributed by atoms with E-state index in [4.69, 9.17) is 4.74 Å². The maximum absolute atomic E-state index is 12.7. The average Bonchev–Trinajstić information content (AvgIpc) is 3.44. The molecular weight excluding hydrogens is 432 g/mol. The Morgan fingerprint density at radius 1 is 1.00 bits per heavy atom. The second-order valence-corrected chi connectivity index (χ2v) is 8.88. The summed E-state index contributed by atoms with van der Waals surface area (Å²) in [6.45, 7) is 3.70. The normalized spacial score (nSPS) is 16.9. The van der Waals surface area contributed by atoms with Crippen LogP contribution in [-0.4, -0.2) is 41.3 Å². The highest BCUT2D eigenvalue weighted by Gasteiger charge is 2.38. The fraction of sp³-hybridized carbons (Fsp3) is 0.370. The molecule has 7 nitrogen and oxygen atoms in total. The minimum absolute atomic E-state index is 0.0200. The van der Waals surface area contributed by atoms with E-state index in [-0.39, 0.29) is 18.6 Å². The number of hydrogen-bond acceptors (Lipinski definition) is 4. The van der Waals surface area contributed by atoms with Crippen molar-refractivity contribution in [2.75, 3.05) is 6.61 Å². The molecule has 34 heavy (non-hydrogen) atoms. The maximum Gasteiger partial charge on any atom is 0.407 e. The quantitative estimate of drug-likeness (QED) is 0.540. The van der Waals surface area contributed by atoms with Crippen LogP contribution in [0.1, 0.15) is 56.6 Å². The first-order valence-corrected chi connectivity index (χ1v) is 11.7. The van der Waals surface area contributed by atoms with Gasteiger partial charge in [0.25, 0.3) is 0 Å². The highest BCUT2D eigenvalue weighted by Crippen LogP contribution is 2.44. The summed E-state index contributed by atoms with van der Waals surface area (Å²) in [5.74, 6) is -1.46. The third-order valence-corrected chi connectivity index (χ3v) is 7.04. The van der Waals surface area contributed by atoms with Gasteiger partial charge in [0.15, 0.2) is 0 Å². The molecule has 2 aliphatic rings. The Labute approximate surface area is 199 Å². The van der Waals surface area contributed by atoms with E-state index in [1.807, 2.05) is 24.3 Å². The summed E-state index contributed by atoms with van der Waals surface area (Å²) in [4.78, 5) is 36.9. The van der Waals surface area contributed by atoms with Crippen molar-refractivity contribution in [1.82, 2.24) is 10.6 Å². The minimum atomic E-state index is -1.28. The van der Waals surface area contributed by atoms with E-state index in [2.05, 4.69) is 34.9 Å². The molecule has 3 N–H and O–H groups in total. The predicted octanol–water partition coefficient (Wildman–Crippen LogP) is 4.37. The largest absolute Gasteiger partial charge is 0.480 e. The predicted molar refractivity (Wildman–Crippen MR) is 128 cm³/mol. The molecule has 2 aromatic rings. The molecule has 0 fully saturated rings. The molecule has 0 saturated carbocycles. The van der Waals surface area contributed by atoms with E-state index in [1.54, 1.807) is 19.9 Å². The molecule has 0 bridgehead atoms. The van der Waals surface area contributed by atoms with Gasteiger partial charge in [0.2, 0.25) is 5.91 Å². The van der Waals surface area contributed by atoms with Gasteiger partial charge in [0, 0.05) is 17.5 Å². The monoisotopic (exact) mass is 462 g/mol. The zero-order valence-corrected chi connectivity index (χ0v) is 19.5. The van der Waals surface area contributed by atoms with Crippen LogP contribution in [0, 0.1) is 0 Å².